The van der Waals surface area contributed by atoms with Crippen LogP contribution in [0.4, 0.5) is 0 Å². The van der Waals surface area contributed by atoms with Gasteiger partial charge in [0, 0.05) is 12.5 Å². The molecule has 1 fully saturated rings. The largest absolute Gasteiger partial charge is 0.493 e. The number of carbonyl (C=O) groups is 1. The third kappa shape index (κ3) is 2.75. The lowest BCUT2D eigenvalue weighted by atomic mass is 10.2. The fourth-order valence-electron chi connectivity index (χ4n) is 1.62. The van der Waals surface area contributed by atoms with E-state index in [0.29, 0.717) is 24.7 Å². The van der Waals surface area contributed by atoms with E-state index in [4.69, 9.17) is 18.9 Å². The molecule has 0 radical (unpaired) electrons. The van der Waals surface area contributed by atoms with E-state index in [1.54, 1.807) is 18.2 Å². The summed E-state index contributed by atoms with van der Waals surface area (Å²) in [5.74, 6) is 0.489. The Morgan fingerprint density at radius 2 is 2.00 bits per heavy atom. The molecule has 0 spiro atoms. The zero-order valence-electron chi connectivity index (χ0n) is 9.76. The van der Waals surface area contributed by atoms with E-state index in [0.717, 1.165) is 5.56 Å². The topological polar surface area (TPSA) is 54.0 Å². The van der Waals surface area contributed by atoms with Crippen molar-refractivity contribution in [2.75, 3.05) is 20.3 Å². The van der Waals surface area contributed by atoms with E-state index >= 15 is 0 Å². The fourth-order valence-corrected chi connectivity index (χ4v) is 1.62. The molecule has 0 saturated carbocycles. The lowest BCUT2D eigenvalue weighted by Gasteiger charge is -2.13. The molecule has 1 saturated heterocycles. The van der Waals surface area contributed by atoms with Gasteiger partial charge in [-0.25, -0.2) is 0 Å². The van der Waals surface area contributed by atoms with Gasteiger partial charge < -0.3 is 18.9 Å². The van der Waals surface area contributed by atoms with Gasteiger partial charge in [0.05, 0.1) is 20.3 Å². The average Bonchev–Trinajstić information content (AvgIpc) is 2.82. The summed E-state index contributed by atoms with van der Waals surface area (Å²) >= 11 is 0. The van der Waals surface area contributed by atoms with E-state index < -0.39 is 0 Å². The predicted molar refractivity (Wildman–Crippen MR) is 58.9 cm³/mol. The molecule has 17 heavy (non-hydrogen) atoms. The van der Waals surface area contributed by atoms with Crippen LogP contribution < -0.4 is 9.47 Å². The minimum atomic E-state index is -0.385. The van der Waals surface area contributed by atoms with E-state index in [-0.39, 0.29) is 12.3 Å². The number of rotatable bonds is 3. The summed E-state index contributed by atoms with van der Waals surface area (Å²) in [4.78, 5) is 10.9. The monoisotopic (exact) mass is 238 g/mol. The highest BCUT2D eigenvalue weighted by molar-refractivity contribution is 5.70. The number of ether oxygens (including phenoxy) is 4. The number of carbonyl (C=O) groups excluding carboxylic acids is 1. The zero-order chi connectivity index (χ0) is 12.3. The Morgan fingerprint density at radius 3 is 2.59 bits per heavy atom. The standard InChI is InChI=1S/C12H14O5/c1-8(13)17-10-4-3-9(7-11(10)14-2)12-15-5-6-16-12/h3-4,7,12H,5-6H2,1-2H3. The molecule has 1 aromatic carbocycles. The Labute approximate surface area is 99.2 Å². The average molecular weight is 238 g/mol. The van der Waals surface area contributed by atoms with Crippen molar-refractivity contribution in [3.63, 3.8) is 0 Å². The molecule has 0 unspecified atom stereocenters. The smallest absolute Gasteiger partial charge is 0.308 e. The number of benzene rings is 1. The summed E-state index contributed by atoms with van der Waals surface area (Å²) in [5, 5.41) is 0. The SMILES string of the molecule is COc1cc(C2OCCO2)ccc1OC(C)=O. The highest BCUT2D eigenvalue weighted by Crippen LogP contribution is 2.33. The van der Waals surface area contributed by atoms with E-state index in [1.165, 1.54) is 14.0 Å². The molecular weight excluding hydrogens is 224 g/mol. The van der Waals surface area contributed by atoms with Crippen molar-refractivity contribution >= 4 is 5.97 Å². The Morgan fingerprint density at radius 1 is 1.29 bits per heavy atom. The number of esters is 1. The Balaban J connectivity index is 2.23. The second-order valence-corrected chi connectivity index (χ2v) is 3.58. The van der Waals surface area contributed by atoms with Gasteiger partial charge in [-0.1, -0.05) is 0 Å². The molecule has 1 aliphatic heterocycles. The lowest BCUT2D eigenvalue weighted by molar-refractivity contribution is -0.132. The van der Waals surface area contributed by atoms with Crippen LogP contribution in [0.15, 0.2) is 18.2 Å². The first kappa shape index (κ1) is 11.9. The molecule has 1 heterocycles. The molecule has 2 rings (SSSR count). The van der Waals surface area contributed by atoms with Gasteiger partial charge in [0.25, 0.3) is 0 Å². The molecule has 0 aromatic heterocycles. The van der Waals surface area contributed by atoms with Crippen LogP contribution in [0, 0.1) is 0 Å². The molecular formula is C12H14O5. The number of methoxy groups -OCH3 is 1. The van der Waals surface area contributed by atoms with Crippen LogP contribution in [0.1, 0.15) is 18.8 Å². The van der Waals surface area contributed by atoms with Crippen LogP contribution in [-0.4, -0.2) is 26.3 Å². The van der Waals surface area contributed by atoms with Gasteiger partial charge in [-0.2, -0.15) is 0 Å². The van der Waals surface area contributed by atoms with E-state index in [9.17, 15) is 4.79 Å². The molecule has 0 N–H and O–H groups in total. The van der Waals surface area contributed by atoms with Crippen molar-refractivity contribution in [1.29, 1.82) is 0 Å². The van der Waals surface area contributed by atoms with Crippen molar-refractivity contribution in [1.82, 2.24) is 0 Å². The molecule has 5 heteroatoms. The second-order valence-electron chi connectivity index (χ2n) is 3.58. The molecule has 1 aliphatic rings. The minimum absolute atomic E-state index is 0.365. The zero-order valence-corrected chi connectivity index (χ0v) is 9.76. The van der Waals surface area contributed by atoms with Gasteiger partial charge in [0.15, 0.2) is 17.8 Å². The van der Waals surface area contributed by atoms with Gasteiger partial charge in [0.2, 0.25) is 0 Å². The van der Waals surface area contributed by atoms with Gasteiger partial charge in [0.1, 0.15) is 0 Å². The van der Waals surface area contributed by atoms with Crippen molar-refractivity contribution < 1.29 is 23.7 Å². The van der Waals surface area contributed by atoms with Crippen LogP contribution >= 0.6 is 0 Å². The van der Waals surface area contributed by atoms with Crippen LogP contribution in [0.5, 0.6) is 11.5 Å². The van der Waals surface area contributed by atoms with Gasteiger partial charge >= 0.3 is 5.97 Å². The van der Waals surface area contributed by atoms with Crippen LogP contribution in [0.3, 0.4) is 0 Å². The summed E-state index contributed by atoms with van der Waals surface area (Å²) < 4.78 is 20.9. The predicted octanol–water partition coefficient (Wildman–Crippen LogP) is 1.67. The quantitative estimate of drug-likeness (QED) is 0.592. The van der Waals surface area contributed by atoms with Crippen LogP contribution in [0.25, 0.3) is 0 Å². The first-order chi connectivity index (χ1) is 8.20. The fraction of sp³-hybridized carbons (Fsp3) is 0.417. The van der Waals surface area contributed by atoms with Crippen molar-refractivity contribution in [2.24, 2.45) is 0 Å². The van der Waals surface area contributed by atoms with E-state index in [2.05, 4.69) is 0 Å². The molecule has 5 nitrogen and oxygen atoms in total. The highest BCUT2D eigenvalue weighted by atomic mass is 16.7. The maximum absolute atomic E-state index is 10.9. The first-order valence-corrected chi connectivity index (χ1v) is 5.30. The normalized spacial score (nSPS) is 15.9. The molecule has 0 bridgehead atoms. The Kier molecular flexibility index (Phi) is 3.61. The minimum Gasteiger partial charge on any atom is -0.493 e. The number of hydrogen-bond acceptors (Lipinski definition) is 5. The summed E-state index contributed by atoms with van der Waals surface area (Å²) in [5.41, 5.74) is 0.843. The summed E-state index contributed by atoms with van der Waals surface area (Å²) in [6.07, 6.45) is -0.365. The number of hydrogen-bond donors (Lipinski definition) is 0. The Hall–Kier alpha value is -1.59. The van der Waals surface area contributed by atoms with Crippen molar-refractivity contribution in [3.8, 4) is 11.5 Å². The third-order valence-corrected chi connectivity index (χ3v) is 2.34. The summed E-state index contributed by atoms with van der Waals surface area (Å²) in [6, 6.07) is 5.20. The molecule has 0 amide bonds. The molecule has 1 aromatic rings. The highest BCUT2D eigenvalue weighted by Gasteiger charge is 2.20. The molecule has 0 atom stereocenters. The first-order valence-electron chi connectivity index (χ1n) is 5.30. The molecule has 92 valence electrons. The maximum atomic E-state index is 10.9. The van der Waals surface area contributed by atoms with E-state index in [1.807, 2.05) is 0 Å². The van der Waals surface area contributed by atoms with Crippen LogP contribution in [-0.2, 0) is 14.3 Å². The van der Waals surface area contributed by atoms with Gasteiger partial charge in [-0.05, 0) is 18.2 Å². The van der Waals surface area contributed by atoms with Gasteiger partial charge in [-0.15, -0.1) is 0 Å². The lowest BCUT2D eigenvalue weighted by Crippen LogP contribution is -2.04. The van der Waals surface area contributed by atoms with Crippen LogP contribution in [0.2, 0.25) is 0 Å². The summed E-state index contributed by atoms with van der Waals surface area (Å²) in [7, 11) is 1.52. The summed E-state index contributed by atoms with van der Waals surface area (Å²) in [6.45, 7) is 2.51. The second kappa shape index (κ2) is 5.16. The van der Waals surface area contributed by atoms with Gasteiger partial charge in [-0.3, -0.25) is 4.79 Å². The maximum Gasteiger partial charge on any atom is 0.308 e. The van der Waals surface area contributed by atoms with Crippen molar-refractivity contribution in [2.45, 2.75) is 13.2 Å². The third-order valence-electron chi connectivity index (χ3n) is 2.34. The molecule has 0 aliphatic carbocycles. The van der Waals surface area contributed by atoms with Crippen molar-refractivity contribution in [3.05, 3.63) is 23.8 Å². The Bertz CT molecular complexity index is 409.